The summed E-state index contributed by atoms with van der Waals surface area (Å²) < 4.78 is 32.6. The Morgan fingerprint density at radius 3 is 2.56 bits per heavy atom. The van der Waals surface area contributed by atoms with Gasteiger partial charge < -0.3 is 10.1 Å². The standard InChI is InChI=1S/C21H22F2N2O2/c22-15-3-1-2-14(10-15)19-7-4-16(23)11-20(19)25-21(26)27-12-13-8-17-5-6-18(9-13)24-17/h1-4,7,10-11,13,17-18,24H,5-6,8-9,12H2,(H,25,26). The molecular weight excluding hydrogens is 350 g/mol. The number of halogens is 2. The predicted octanol–water partition coefficient (Wildman–Crippen LogP) is 4.71. The van der Waals surface area contributed by atoms with Crippen LogP contribution in [0.15, 0.2) is 42.5 Å². The zero-order chi connectivity index (χ0) is 18.8. The molecule has 4 nitrogen and oxygen atoms in total. The third-order valence-corrected chi connectivity index (χ3v) is 5.37. The first-order valence-electron chi connectivity index (χ1n) is 9.32. The third-order valence-electron chi connectivity index (χ3n) is 5.37. The maximum Gasteiger partial charge on any atom is 0.411 e. The highest BCUT2D eigenvalue weighted by molar-refractivity contribution is 5.91. The summed E-state index contributed by atoms with van der Waals surface area (Å²) in [4.78, 5) is 12.3. The fraction of sp³-hybridized carbons (Fsp3) is 0.381. The van der Waals surface area contributed by atoms with E-state index in [-0.39, 0.29) is 5.69 Å². The number of nitrogens with one attached hydrogen (secondary N) is 2. The normalized spacial score (nSPS) is 23.9. The summed E-state index contributed by atoms with van der Waals surface area (Å²) in [7, 11) is 0. The van der Waals surface area contributed by atoms with Crippen LogP contribution < -0.4 is 10.6 Å². The van der Waals surface area contributed by atoms with E-state index in [1.165, 1.54) is 43.2 Å². The first-order valence-corrected chi connectivity index (χ1v) is 9.32. The number of amides is 1. The minimum atomic E-state index is -0.621. The van der Waals surface area contributed by atoms with Crippen molar-refractivity contribution >= 4 is 11.8 Å². The van der Waals surface area contributed by atoms with E-state index in [1.807, 2.05) is 0 Å². The smallest absolute Gasteiger partial charge is 0.411 e. The van der Waals surface area contributed by atoms with Gasteiger partial charge >= 0.3 is 6.09 Å². The van der Waals surface area contributed by atoms with E-state index in [4.69, 9.17) is 4.74 Å². The Morgan fingerprint density at radius 2 is 1.81 bits per heavy atom. The molecule has 0 radical (unpaired) electrons. The minimum Gasteiger partial charge on any atom is -0.449 e. The summed E-state index contributed by atoms with van der Waals surface area (Å²) in [6.07, 6.45) is 3.78. The van der Waals surface area contributed by atoms with Crippen LogP contribution in [0.4, 0.5) is 19.3 Å². The number of carbonyl (C=O) groups is 1. The lowest BCUT2D eigenvalue weighted by Crippen LogP contribution is -2.39. The molecule has 0 spiro atoms. The SMILES string of the molecule is O=C(Nc1cc(F)ccc1-c1cccc(F)c1)OCC1CC2CCC(C1)N2. The maximum atomic E-state index is 13.7. The molecule has 0 aliphatic carbocycles. The van der Waals surface area contributed by atoms with Gasteiger partial charge in [0.2, 0.25) is 0 Å². The molecule has 2 saturated heterocycles. The van der Waals surface area contributed by atoms with Gasteiger partial charge in [0.25, 0.3) is 0 Å². The topological polar surface area (TPSA) is 50.4 Å². The van der Waals surface area contributed by atoms with Gasteiger partial charge in [0.15, 0.2) is 0 Å². The quantitative estimate of drug-likeness (QED) is 0.817. The van der Waals surface area contributed by atoms with Gasteiger partial charge in [0.1, 0.15) is 11.6 Å². The van der Waals surface area contributed by atoms with E-state index < -0.39 is 17.7 Å². The largest absolute Gasteiger partial charge is 0.449 e. The second-order valence-electron chi connectivity index (χ2n) is 7.40. The van der Waals surface area contributed by atoms with Crippen LogP contribution in [-0.2, 0) is 4.74 Å². The van der Waals surface area contributed by atoms with Crippen molar-refractivity contribution < 1.29 is 18.3 Å². The van der Waals surface area contributed by atoms with Gasteiger partial charge in [0.05, 0.1) is 12.3 Å². The van der Waals surface area contributed by atoms with E-state index in [9.17, 15) is 13.6 Å². The average molecular weight is 372 g/mol. The van der Waals surface area contributed by atoms with Gasteiger partial charge in [0, 0.05) is 17.6 Å². The summed E-state index contributed by atoms with van der Waals surface area (Å²) >= 11 is 0. The molecule has 2 N–H and O–H groups in total. The van der Waals surface area contributed by atoms with Crippen molar-refractivity contribution in [1.82, 2.24) is 5.32 Å². The number of hydrogen-bond donors (Lipinski definition) is 2. The number of hydrogen-bond acceptors (Lipinski definition) is 3. The van der Waals surface area contributed by atoms with Crippen molar-refractivity contribution in [2.75, 3.05) is 11.9 Å². The lowest BCUT2D eigenvalue weighted by Gasteiger charge is -2.28. The molecule has 1 amide bonds. The summed E-state index contributed by atoms with van der Waals surface area (Å²) in [6.45, 7) is 0.352. The van der Waals surface area contributed by atoms with Gasteiger partial charge in [-0.1, -0.05) is 12.1 Å². The van der Waals surface area contributed by atoms with Gasteiger partial charge in [-0.25, -0.2) is 13.6 Å². The summed E-state index contributed by atoms with van der Waals surface area (Å²) in [5, 5.41) is 6.16. The molecular formula is C21H22F2N2O2. The Kier molecular flexibility index (Phi) is 5.07. The van der Waals surface area contributed by atoms with Crippen molar-refractivity contribution in [1.29, 1.82) is 0 Å². The van der Waals surface area contributed by atoms with E-state index >= 15 is 0 Å². The summed E-state index contributed by atoms with van der Waals surface area (Å²) in [6, 6.07) is 11.0. The monoisotopic (exact) mass is 372 g/mol. The molecule has 2 aromatic rings. The molecule has 2 aromatic carbocycles. The Hall–Kier alpha value is -2.47. The lowest BCUT2D eigenvalue weighted by molar-refractivity contribution is 0.122. The molecule has 2 unspecified atom stereocenters. The second-order valence-corrected chi connectivity index (χ2v) is 7.40. The molecule has 27 heavy (non-hydrogen) atoms. The highest BCUT2D eigenvalue weighted by Gasteiger charge is 2.33. The highest BCUT2D eigenvalue weighted by atomic mass is 19.1. The van der Waals surface area contributed by atoms with Crippen LogP contribution in [-0.4, -0.2) is 24.8 Å². The number of ether oxygens (including phenoxy) is 1. The van der Waals surface area contributed by atoms with E-state index in [1.54, 1.807) is 12.1 Å². The first-order chi connectivity index (χ1) is 13.1. The molecule has 2 fully saturated rings. The fourth-order valence-electron chi connectivity index (χ4n) is 4.18. The molecule has 0 aromatic heterocycles. The number of piperidine rings is 1. The Bertz CT molecular complexity index is 831. The van der Waals surface area contributed by atoms with Crippen LogP contribution in [0.2, 0.25) is 0 Å². The third kappa shape index (κ3) is 4.27. The molecule has 2 bridgehead atoms. The summed E-state index contributed by atoms with van der Waals surface area (Å²) in [5.74, 6) is -0.532. The maximum absolute atomic E-state index is 13.7. The van der Waals surface area contributed by atoms with Crippen LogP contribution >= 0.6 is 0 Å². The van der Waals surface area contributed by atoms with Gasteiger partial charge in [-0.2, -0.15) is 0 Å². The lowest BCUT2D eigenvalue weighted by atomic mass is 9.93. The summed E-state index contributed by atoms with van der Waals surface area (Å²) in [5.41, 5.74) is 1.35. The number of carbonyl (C=O) groups excluding carboxylic acids is 1. The number of fused-ring (bicyclic) bond motifs is 2. The Labute approximate surface area is 156 Å². The van der Waals surface area contributed by atoms with Crippen molar-refractivity contribution in [3.63, 3.8) is 0 Å². The zero-order valence-electron chi connectivity index (χ0n) is 14.9. The molecule has 0 saturated carbocycles. The number of anilines is 1. The molecule has 2 aliphatic rings. The molecule has 142 valence electrons. The van der Waals surface area contributed by atoms with Crippen molar-refractivity contribution in [3.05, 3.63) is 54.1 Å². The van der Waals surface area contributed by atoms with Crippen molar-refractivity contribution in [3.8, 4) is 11.1 Å². The molecule has 2 atom stereocenters. The van der Waals surface area contributed by atoms with E-state index in [0.717, 1.165) is 12.8 Å². The van der Waals surface area contributed by atoms with Crippen molar-refractivity contribution in [2.45, 2.75) is 37.8 Å². The fourth-order valence-corrected chi connectivity index (χ4v) is 4.18. The van der Waals surface area contributed by atoms with E-state index in [2.05, 4.69) is 10.6 Å². The Morgan fingerprint density at radius 1 is 1.07 bits per heavy atom. The van der Waals surface area contributed by atoms with Crippen LogP contribution in [0.25, 0.3) is 11.1 Å². The van der Waals surface area contributed by atoms with Crippen LogP contribution in [0.5, 0.6) is 0 Å². The second kappa shape index (κ2) is 7.64. The molecule has 2 heterocycles. The van der Waals surface area contributed by atoms with Crippen LogP contribution in [0.1, 0.15) is 25.7 Å². The van der Waals surface area contributed by atoms with Gasteiger partial charge in [-0.3, -0.25) is 5.32 Å². The Balaban J connectivity index is 1.42. The van der Waals surface area contributed by atoms with E-state index in [0.29, 0.717) is 35.7 Å². The van der Waals surface area contributed by atoms with Crippen molar-refractivity contribution in [2.24, 2.45) is 5.92 Å². The molecule has 2 aliphatic heterocycles. The number of rotatable bonds is 4. The number of benzene rings is 2. The van der Waals surface area contributed by atoms with Crippen LogP contribution in [0, 0.1) is 17.6 Å². The van der Waals surface area contributed by atoms with Crippen LogP contribution in [0.3, 0.4) is 0 Å². The predicted molar refractivity (Wildman–Crippen MR) is 99.4 cm³/mol. The molecule has 4 rings (SSSR count). The molecule has 6 heteroatoms. The average Bonchev–Trinajstić information content (AvgIpc) is 2.98. The highest BCUT2D eigenvalue weighted by Crippen LogP contribution is 2.32. The zero-order valence-corrected chi connectivity index (χ0v) is 14.9. The van der Waals surface area contributed by atoms with Gasteiger partial charge in [-0.15, -0.1) is 0 Å². The van der Waals surface area contributed by atoms with Gasteiger partial charge in [-0.05, 0) is 67.5 Å². The first kappa shape index (κ1) is 17.9. The minimum absolute atomic E-state index is 0.260.